The number of carbonyl (C=O) groups is 2. The van der Waals surface area contributed by atoms with Crippen molar-refractivity contribution in [3.05, 3.63) is 71.1 Å². The monoisotopic (exact) mass is 684 g/mol. The molecule has 3 aromatic rings. The van der Waals surface area contributed by atoms with Crippen molar-refractivity contribution >= 4 is 22.1 Å². The summed E-state index contributed by atoms with van der Waals surface area (Å²) < 4.78 is 78.8. The first-order chi connectivity index (χ1) is 21.7. The zero-order valence-electron chi connectivity index (χ0n) is 26.6. The Morgan fingerprint density at radius 2 is 1.68 bits per heavy atom. The largest absolute Gasteiger partial charge is 0.569 e. The maximum absolute atomic E-state index is 13.5. The Hall–Kier alpha value is -4.87. The number of aromatic nitrogens is 2. The number of likely N-dealkylation sites (N-methyl/N-ethyl adjacent to an activating group) is 1. The molecule has 256 valence electrons. The van der Waals surface area contributed by atoms with Crippen LogP contribution in [-0.2, 0) is 35.3 Å². The highest BCUT2D eigenvalue weighted by atomic mass is 32.2. The summed E-state index contributed by atoms with van der Waals surface area (Å²) >= 11 is 0. The molecule has 18 heteroatoms. The van der Waals surface area contributed by atoms with Gasteiger partial charge in [0.25, 0.3) is 16.3 Å². The first kappa shape index (κ1) is 36.6. The van der Waals surface area contributed by atoms with Crippen LogP contribution >= 0.6 is 0 Å². The summed E-state index contributed by atoms with van der Waals surface area (Å²) in [4.78, 5) is 28.7. The van der Waals surface area contributed by atoms with Crippen LogP contribution in [0.5, 0.6) is 0 Å². The van der Waals surface area contributed by atoms with Crippen LogP contribution in [0, 0.1) is 17.5 Å². The Morgan fingerprint density at radius 3 is 2.23 bits per heavy atom. The average Bonchev–Trinajstić information content (AvgIpc) is 3.44. The minimum absolute atomic E-state index is 0.0210. The number of sulfonamides is 1. The molecule has 47 heavy (non-hydrogen) atoms. The van der Waals surface area contributed by atoms with Crippen LogP contribution in [0.2, 0.25) is 0 Å². The van der Waals surface area contributed by atoms with E-state index in [1.165, 1.54) is 33.0 Å². The molecule has 1 N–H and O–H groups in total. The summed E-state index contributed by atoms with van der Waals surface area (Å²) in [5.74, 6) is -0.575. The van der Waals surface area contributed by atoms with Crippen LogP contribution in [0.1, 0.15) is 45.9 Å². The van der Waals surface area contributed by atoms with Gasteiger partial charge in [0, 0.05) is 12.5 Å². The summed E-state index contributed by atoms with van der Waals surface area (Å²) in [5, 5.41) is 20.2. The lowest BCUT2D eigenvalue weighted by Gasteiger charge is -2.21. The number of ether oxygens (including phenoxy) is 2. The highest BCUT2D eigenvalue weighted by molar-refractivity contribution is 7.90. The van der Waals surface area contributed by atoms with Crippen molar-refractivity contribution in [1.29, 1.82) is 0 Å². The van der Waals surface area contributed by atoms with Crippen LogP contribution < -0.4 is 4.72 Å². The maximum atomic E-state index is 13.5. The Labute approximate surface area is 269 Å². The number of benzene rings is 2. The van der Waals surface area contributed by atoms with Gasteiger partial charge in [0.2, 0.25) is 5.28 Å². The molecule has 0 saturated carbocycles. The number of hydrazine groups is 1. The van der Waals surface area contributed by atoms with E-state index in [4.69, 9.17) is 14.3 Å². The molecule has 0 bridgehead atoms. The number of amides is 1. The van der Waals surface area contributed by atoms with Crippen LogP contribution in [0.15, 0.2) is 64.8 Å². The van der Waals surface area contributed by atoms with Crippen molar-refractivity contribution in [3.63, 3.8) is 0 Å². The zero-order chi connectivity index (χ0) is 35.3. The molecule has 0 saturated heterocycles. The van der Waals surface area contributed by atoms with Gasteiger partial charge in [0.05, 0.1) is 33.7 Å². The summed E-state index contributed by atoms with van der Waals surface area (Å²) in [6.45, 7) is 9.10. The van der Waals surface area contributed by atoms with E-state index >= 15 is 0 Å². The molecule has 1 aromatic heterocycles. The minimum Gasteiger partial charge on any atom is -0.569 e. The second kappa shape index (κ2) is 14.3. The fourth-order valence-electron chi connectivity index (χ4n) is 3.60. The van der Waals surface area contributed by atoms with Crippen molar-refractivity contribution in [2.45, 2.75) is 64.9 Å². The third-order valence-electron chi connectivity index (χ3n) is 6.47. The van der Waals surface area contributed by atoms with Crippen LogP contribution in [-0.4, -0.2) is 66.2 Å². The average molecular weight is 685 g/mol. The minimum atomic E-state index is -4.72. The molecule has 0 aliphatic rings. The molecule has 14 nitrogen and oxygen atoms in total. The van der Waals surface area contributed by atoms with Crippen molar-refractivity contribution < 1.29 is 50.5 Å². The molecule has 0 aliphatic heterocycles. The van der Waals surface area contributed by atoms with Gasteiger partial charge in [-0.1, -0.05) is 29.8 Å². The molecule has 2 atom stereocenters. The quantitative estimate of drug-likeness (QED) is 0.0915. The number of halogens is 3. The molecule has 0 spiro atoms. The molecule has 0 aliphatic carbocycles. The Balaban J connectivity index is 1.64. The van der Waals surface area contributed by atoms with Gasteiger partial charge in [-0.25, -0.2) is 22.6 Å². The molecule has 1 unspecified atom stereocenters. The van der Waals surface area contributed by atoms with E-state index in [0.717, 1.165) is 33.5 Å². The van der Waals surface area contributed by atoms with E-state index in [2.05, 4.69) is 10.4 Å². The van der Waals surface area contributed by atoms with E-state index in [0.29, 0.717) is 5.56 Å². The van der Waals surface area contributed by atoms with E-state index < -0.39 is 58.3 Å². The number of aryl methyl sites for hydroxylation is 1. The van der Waals surface area contributed by atoms with Crippen LogP contribution in [0.3, 0.4) is 0 Å². The molecular weight excluding hydrogens is 649 g/mol. The second-order valence-electron chi connectivity index (χ2n) is 11.5. The Bertz CT molecular complexity index is 1700. The highest BCUT2D eigenvalue weighted by Crippen LogP contribution is 2.33. The number of rotatable bonds is 11. The second-order valence-corrected chi connectivity index (χ2v) is 13.2. The summed E-state index contributed by atoms with van der Waals surface area (Å²) in [6.07, 6.45) is -7.25. The molecule has 0 fully saturated rings. The summed E-state index contributed by atoms with van der Waals surface area (Å²) in [5.41, 5.74) is -0.317. The van der Waals surface area contributed by atoms with Gasteiger partial charge in [0.15, 0.2) is 5.69 Å². The summed E-state index contributed by atoms with van der Waals surface area (Å²) in [7, 11) is -3.18. The first-order valence-electron chi connectivity index (χ1n) is 14.0. The van der Waals surface area contributed by atoms with E-state index in [1.54, 1.807) is 49.8 Å². The lowest BCUT2D eigenvalue weighted by molar-refractivity contribution is -0.714. The third kappa shape index (κ3) is 9.81. The molecule has 1 amide bonds. The maximum Gasteiger partial charge on any atom is 0.435 e. The molecule has 2 aromatic carbocycles. The number of hydrogen-bond acceptors (Lipinski definition) is 10. The van der Waals surface area contributed by atoms with Crippen molar-refractivity contribution in [3.8, 4) is 16.9 Å². The van der Waals surface area contributed by atoms with Gasteiger partial charge < -0.3 is 14.7 Å². The molecule has 1 heterocycles. The lowest BCUT2D eigenvalue weighted by atomic mass is 9.97. The van der Waals surface area contributed by atoms with E-state index in [9.17, 15) is 36.4 Å². The predicted octanol–water partition coefficient (Wildman–Crippen LogP) is 5.35. The van der Waals surface area contributed by atoms with Crippen molar-refractivity contribution in [2.24, 2.45) is 10.7 Å². The van der Waals surface area contributed by atoms with Gasteiger partial charge in [-0.3, -0.25) is 9.63 Å². The number of alkyl halides is 3. The first-order valence-corrected chi connectivity index (χ1v) is 15.5. The number of esters is 1. The number of hydrogen-bond donors (Lipinski definition) is 1. The normalized spacial score (nSPS) is 13.8. The third-order valence-corrected chi connectivity index (χ3v) is 7.80. The fourth-order valence-corrected chi connectivity index (χ4v) is 4.49. The van der Waals surface area contributed by atoms with Gasteiger partial charge in [-0.2, -0.15) is 18.3 Å². The van der Waals surface area contributed by atoms with E-state index in [-0.39, 0.29) is 21.2 Å². The molecule has 3 rings (SSSR count). The standard InChI is InChI=1S/C29H35F3N6O8S/c1-18-8-10-21(11-9-18)24-16-25(29(30,31)32)33-37(24)22-12-14-23(15-13-22)47(42,43)34-27(40)44-17-19(2)36(7)38(41)35-46-20(3)45-26(39)28(4,5)6/h8-16,19-20H,17H2,1-7H3,(H,34,40)/t19-,20?/m0/s1. The van der Waals surface area contributed by atoms with Gasteiger partial charge >= 0.3 is 18.2 Å². The smallest absolute Gasteiger partial charge is 0.435 e. The van der Waals surface area contributed by atoms with Crippen LogP contribution in [0.25, 0.3) is 16.9 Å². The SMILES string of the molecule is Cc1ccc(-c2cc(C(F)(F)F)nn2-c2ccc(S(=O)(=O)NC(=O)OC[C@H](C)N(C)[N+]([O-])=NOC(C)OC(=O)C(C)(C)C)cc2)cc1. The highest BCUT2D eigenvalue weighted by Gasteiger charge is 2.35. The topological polar surface area (TPSA) is 167 Å². The Kier molecular flexibility index (Phi) is 11.1. The molecule has 0 radical (unpaired) electrons. The lowest BCUT2D eigenvalue weighted by Crippen LogP contribution is -2.40. The fraction of sp³-hybridized carbons (Fsp3) is 0.414. The molecular formula is C29H35F3N6O8S. The number of nitrogens with zero attached hydrogens (tertiary/aromatic N) is 5. The van der Waals surface area contributed by atoms with Crippen molar-refractivity contribution in [2.75, 3.05) is 13.7 Å². The number of carbonyl (C=O) groups excluding carboxylic acids is 2. The zero-order valence-corrected chi connectivity index (χ0v) is 27.4. The summed E-state index contributed by atoms with van der Waals surface area (Å²) in [6, 6.07) is 11.5. The Morgan fingerprint density at radius 1 is 1.09 bits per heavy atom. The van der Waals surface area contributed by atoms with Crippen molar-refractivity contribution in [1.82, 2.24) is 19.5 Å². The van der Waals surface area contributed by atoms with Gasteiger partial charge in [-0.15, -0.1) is 5.01 Å². The predicted molar refractivity (Wildman–Crippen MR) is 160 cm³/mol. The van der Waals surface area contributed by atoms with Gasteiger partial charge in [0.1, 0.15) is 12.6 Å². The van der Waals surface area contributed by atoms with Crippen LogP contribution in [0.4, 0.5) is 18.0 Å². The van der Waals surface area contributed by atoms with E-state index in [1.807, 2.05) is 6.92 Å². The number of nitrogens with one attached hydrogen (secondary N) is 1. The van der Waals surface area contributed by atoms with Gasteiger partial charge in [-0.05, 0) is 65.0 Å².